The van der Waals surface area contributed by atoms with E-state index in [-0.39, 0.29) is 22.5 Å². The number of carboxylic acids is 2. The highest BCUT2D eigenvalue weighted by atomic mass is 35.5. The van der Waals surface area contributed by atoms with Crippen molar-refractivity contribution in [2.75, 3.05) is 10.6 Å². The van der Waals surface area contributed by atoms with E-state index in [1.54, 1.807) is 48.5 Å². The Kier molecular flexibility index (Phi) is 5.28. The van der Waals surface area contributed by atoms with Crippen LogP contribution in [0.4, 0.5) is 22.7 Å². The Labute approximate surface area is 160 Å². The number of hydrogen-bond acceptors (Lipinski definition) is 4. The molecule has 0 aliphatic heterocycles. The largest absolute Gasteiger partial charge is 0.478 e. The van der Waals surface area contributed by atoms with Crippen molar-refractivity contribution in [3.8, 4) is 0 Å². The summed E-state index contributed by atoms with van der Waals surface area (Å²) in [6.45, 7) is 0. The van der Waals surface area contributed by atoms with Gasteiger partial charge in [0.25, 0.3) is 0 Å². The van der Waals surface area contributed by atoms with Gasteiger partial charge in [-0.2, -0.15) is 0 Å². The van der Waals surface area contributed by atoms with Gasteiger partial charge in [0.05, 0.1) is 22.5 Å². The molecule has 0 amide bonds. The van der Waals surface area contributed by atoms with Gasteiger partial charge >= 0.3 is 11.9 Å². The molecule has 3 aromatic carbocycles. The molecule has 0 unspecified atom stereocenters. The van der Waals surface area contributed by atoms with Crippen LogP contribution in [0.5, 0.6) is 0 Å². The van der Waals surface area contributed by atoms with Crippen LogP contribution in [0.2, 0.25) is 5.02 Å². The standard InChI is InChI=1S/C20H15ClN2O4/c21-12-5-4-8-14(9-12)23-18-11-15(19(24)25)17(10-16(18)20(26)27)22-13-6-2-1-3-7-13/h1-11,22-23H,(H,24,25)(H,26,27). The topological polar surface area (TPSA) is 98.7 Å². The molecule has 0 aliphatic carbocycles. The molecule has 3 aromatic rings. The van der Waals surface area contributed by atoms with Gasteiger partial charge in [0, 0.05) is 16.4 Å². The smallest absolute Gasteiger partial charge is 0.337 e. The summed E-state index contributed by atoms with van der Waals surface area (Å²) in [6.07, 6.45) is 0. The Morgan fingerprint density at radius 3 is 1.74 bits per heavy atom. The normalized spacial score (nSPS) is 10.3. The van der Waals surface area contributed by atoms with Crippen molar-refractivity contribution in [1.82, 2.24) is 0 Å². The van der Waals surface area contributed by atoms with Crippen molar-refractivity contribution in [3.05, 3.63) is 82.9 Å². The summed E-state index contributed by atoms with van der Waals surface area (Å²) in [5.74, 6) is -2.37. The lowest BCUT2D eigenvalue weighted by Crippen LogP contribution is -2.09. The van der Waals surface area contributed by atoms with Gasteiger partial charge < -0.3 is 20.8 Å². The van der Waals surface area contributed by atoms with Gasteiger partial charge in [-0.15, -0.1) is 0 Å². The summed E-state index contributed by atoms with van der Waals surface area (Å²) in [5, 5.41) is 25.5. The number of halogens is 1. The molecule has 0 aliphatic rings. The Morgan fingerprint density at radius 1 is 0.704 bits per heavy atom. The highest BCUT2D eigenvalue weighted by Crippen LogP contribution is 2.31. The SMILES string of the molecule is O=C(O)c1cc(Nc2cccc(Cl)c2)c(C(=O)O)cc1Nc1ccccc1. The van der Waals surface area contributed by atoms with Crippen LogP contribution in [-0.2, 0) is 0 Å². The predicted octanol–water partition coefficient (Wildman–Crippen LogP) is 5.22. The lowest BCUT2D eigenvalue weighted by atomic mass is 10.1. The Hall–Kier alpha value is -3.51. The molecule has 136 valence electrons. The highest BCUT2D eigenvalue weighted by Gasteiger charge is 2.19. The molecule has 3 rings (SSSR count). The van der Waals surface area contributed by atoms with E-state index in [1.807, 2.05) is 6.07 Å². The van der Waals surface area contributed by atoms with E-state index in [0.29, 0.717) is 16.4 Å². The second-order valence-corrected chi connectivity index (χ2v) is 6.12. The Balaban J connectivity index is 2.07. The molecule has 4 N–H and O–H groups in total. The van der Waals surface area contributed by atoms with Gasteiger partial charge in [0.1, 0.15) is 0 Å². The van der Waals surface area contributed by atoms with Gasteiger partial charge in [-0.25, -0.2) is 9.59 Å². The Morgan fingerprint density at radius 2 is 1.22 bits per heavy atom. The second-order valence-electron chi connectivity index (χ2n) is 5.68. The van der Waals surface area contributed by atoms with Crippen molar-refractivity contribution in [3.63, 3.8) is 0 Å². The van der Waals surface area contributed by atoms with E-state index in [0.717, 1.165) is 0 Å². The van der Waals surface area contributed by atoms with Crippen molar-refractivity contribution in [1.29, 1.82) is 0 Å². The van der Waals surface area contributed by atoms with Crippen molar-refractivity contribution >= 4 is 46.3 Å². The molecule has 27 heavy (non-hydrogen) atoms. The average Bonchev–Trinajstić information content (AvgIpc) is 2.63. The van der Waals surface area contributed by atoms with E-state index in [1.165, 1.54) is 12.1 Å². The molecule has 0 heterocycles. The van der Waals surface area contributed by atoms with Crippen LogP contribution in [0.3, 0.4) is 0 Å². The van der Waals surface area contributed by atoms with Crippen molar-refractivity contribution in [2.24, 2.45) is 0 Å². The maximum absolute atomic E-state index is 11.7. The van der Waals surface area contributed by atoms with E-state index in [2.05, 4.69) is 10.6 Å². The third-order valence-electron chi connectivity index (χ3n) is 3.77. The van der Waals surface area contributed by atoms with Crippen LogP contribution in [0.1, 0.15) is 20.7 Å². The van der Waals surface area contributed by atoms with Crippen molar-refractivity contribution < 1.29 is 19.8 Å². The molecule has 0 bridgehead atoms. The monoisotopic (exact) mass is 382 g/mol. The number of carboxylic acid groups (broad SMARTS) is 2. The maximum Gasteiger partial charge on any atom is 0.337 e. The van der Waals surface area contributed by atoms with Gasteiger partial charge in [-0.1, -0.05) is 35.9 Å². The average molecular weight is 383 g/mol. The minimum absolute atomic E-state index is 0.0617. The number of benzene rings is 3. The van der Waals surface area contributed by atoms with E-state index >= 15 is 0 Å². The number of carbonyl (C=O) groups is 2. The summed E-state index contributed by atoms with van der Waals surface area (Å²) >= 11 is 5.95. The van der Waals surface area contributed by atoms with Gasteiger partial charge in [-0.3, -0.25) is 0 Å². The fourth-order valence-corrected chi connectivity index (χ4v) is 2.75. The van der Waals surface area contributed by atoms with E-state index < -0.39 is 11.9 Å². The van der Waals surface area contributed by atoms with Crippen LogP contribution >= 0.6 is 11.6 Å². The molecule has 0 saturated carbocycles. The van der Waals surface area contributed by atoms with Crippen LogP contribution in [-0.4, -0.2) is 22.2 Å². The first-order valence-corrected chi connectivity index (χ1v) is 8.31. The molecule has 6 nitrogen and oxygen atoms in total. The molecule has 0 saturated heterocycles. The molecular weight excluding hydrogens is 368 g/mol. The number of nitrogens with one attached hydrogen (secondary N) is 2. The summed E-state index contributed by atoms with van der Waals surface area (Å²) in [4.78, 5) is 23.4. The maximum atomic E-state index is 11.7. The first-order valence-electron chi connectivity index (χ1n) is 7.93. The van der Waals surface area contributed by atoms with Crippen LogP contribution in [0.25, 0.3) is 0 Å². The summed E-state index contributed by atoms with van der Waals surface area (Å²) in [5.41, 5.74) is 1.40. The lowest BCUT2D eigenvalue weighted by molar-refractivity contribution is 0.0683. The zero-order valence-electron chi connectivity index (χ0n) is 13.9. The third kappa shape index (κ3) is 4.37. The number of anilines is 4. The lowest BCUT2D eigenvalue weighted by Gasteiger charge is -2.15. The first-order chi connectivity index (χ1) is 12.9. The molecule has 0 fully saturated rings. The summed E-state index contributed by atoms with van der Waals surface area (Å²) in [7, 11) is 0. The quantitative estimate of drug-likeness (QED) is 0.466. The zero-order chi connectivity index (χ0) is 19.4. The molecule has 0 radical (unpaired) electrons. The fourth-order valence-electron chi connectivity index (χ4n) is 2.56. The zero-order valence-corrected chi connectivity index (χ0v) is 14.7. The highest BCUT2D eigenvalue weighted by molar-refractivity contribution is 6.30. The summed E-state index contributed by atoms with van der Waals surface area (Å²) < 4.78 is 0. The second kappa shape index (κ2) is 7.80. The van der Waals surface area contributed by atoms with Gasteiger partial charge in [0.15, 0.2) is 0 Å². The fraction of sp³-hybridized carbons (Fsp3) is 0. The Bertz CT molecular complexity index is 1010. The van der Waals surface area contributed by atoms with Gasteiger partial charge in [-0.05, 0) is 42.5 Å². The molecule has 0 spiro atoms. The molecule has 7 heteroatoms. The van der Waals surface area contributed by atoms with E-state index in [4.69, 9.17) is 11.6 Å². The minimum Gasteiger partial charge on any atom is -0.478 e. The van der Waals surface area contributed by atoms with Crippen molar-refractivity contribution in [2.45, 2.75) is 0 Å². The predicted molar refractivity (Wildman–Crippen MR) is 105 cm³/mol. The summed E-state index contributed by atoms with van der Waals surface area (Å²) in [6, 6.07) is 18.2. The number of rotatable bonds is 6. The first kappa shape index (κ1) is 18.3. The molecular formula is C20H15ClN2O4. The number of hydrogen-bond donors (Lipinski definition) is 4. The van der Waals surface area contributed by atoms with Crippen LogP contribution < -0.4 is 10.6 Å². The van der Waals surface area contributed by atoms with Crippen LogP contribution in [0.15, 0.2) is 66.7 Å². The number of aromatic carboxylic acids is 2. The van der Waals surface area contributed by atoms with Crippen LogP contribution in [0, 0.1) is 0 Å². The third-order valence-corrected chi connectivity index (χ3v) is 4.01. The van der Waals surface area contributed by atoms with Gasteiger partial charge in [0.2, 0.25) is 0 Å². The minimum atomic E-state index is -1.19. The van der Waals surface area contributed by atoms with E-state index in [9.17, 15) is 19.8 Å². The number of para-hydroxylation sites is 1. The molecule has 0 aromatic heterocycles. The molecule has 0 atom stereocenters.